The number of halogens is 3. The van der Waals surface area contributed by atoms with Crippen molar-refractivity contribution in [2.75, 3.05) is 25.3 Å². The van der Waals surface area contributed by atoms with Crippen LogP contribution in [0.4, 0.5) is 10.1 Å². The van der Waals surface area contributed by atoms with E-state index in [1.807, 2.05) is 0 Å². The third-order valence-electron chi connectivity index (χ3n) is 3.15. The molecular weight excluding hydrogens is 425 g/mol. The van der Waals surface area contributed by atoms with Crippen LogP contribution in [0.5, 0.6) is 5.75 Å². The van der Waals surface area contributed by atoms with Crippen molar-refractivity contribution in [3.8, 4) is 5.75 Å². The number of sulfonamides is 1. The molecule has 2 rings (SSSR count). The Morgan fingerprint density at radius 3 is 2.50 bits per heavy atom. The number of hydrogen-bond acceptors (Lipinski definition) is 4. The third kappa shape index (κ3) is 3.51. The number of ether oxygens (including phenoxy) is 2. The van der Waals surface area contributed by atoms with Crippen molar-refractivity contribution in [2.24, 2.45) is 0 Å². The molecule has 0 fully saturated rings. The van der Waals surface area contributed by atoms with Gasteiger partial charge in [-0.15, -0.1) is 0 Å². The Balaban J connectivity index is 2.67. The Morgan fingerprint density at radius 2 is 1.88 bits per heavy atom. The smallest absolute Gasteiger partial charge is 0.270 e. The van der Waals surface area contributed by atoms with Gasteiger partial charge in [0.1, 0.15) is 11.6 Å². The number of methoxy groups -OCH3 is 2. The van der Waals surface area contributed by atoms with E-state index in [2.05, 4.69) is 15.9 Å². The minimum atomic E-state index is -4.18. The van der Waals surface area contributed by atoms with Crippen LogP contribution in [-0.2, 0) is 14.8 Å². The van der Waals surface area contributed by atoms with Gasteiger partial charge in [-0.25, -0.2) is 17.1 Å². The lowest BCUT2D eigenvalue weighted by Gasteiger charge is -2.25. The van der Waals surface area contributed by atoms with E-state index < -0.39 is 15.8 Å². The zero-order valence-electron chi connectivity index (χ0n) is 12.8. The van der Waals surface area contributed by atoms with Crippen LogP contribution in [0.25, 0.3) is 0 Å². The van der Waals surface area contributed by atoms with Gasteiger partial charge < -0.3 is 9.47 Å². The molecule has 0 spiro atoms. The fourth-order valence-corrected chi connectivity index (χ4v) is 4.30. The highest BCUT2D eigenvalue weighted by molar-refractivity contribution is 9.10. The van der Waals surface area contributed by atoms with E-state index in [4.69, 9.17) is 21.1 Å². The van der Waals surface area contributed by atoms with E-state index in [1.54, 1.807) is 0 Å². The van der Waals surface area contributed by atoms with Gasteiger partial charge in [0.05, 0.1) is 22.3 Å². The second-order valence-corrected chi connectivity index (χ2v) is 7.71. The fraction of sp³-hybridized carbons (Fsp3) is 0.200. The Labute approximate surface area is 153 Å². The largest absolute Gasteiger partial charge is 0.494 e. The van der Waals surface area contributed by atoms with Gasteiger partial charge in [0.25, 0.3) is 10.0 Å². The van der Waals surface area contributed by atoms with Gasteiger partial charge in [0, 0.05) is 7.11 Å². The zero-order chi connectivity index (χ0) is 17.9. The van der Waals surface area contributed by atoms with Crippen molar-refractivity contribution in [3.63, 3.8) is 0 Å². The summed E-state index contributed by atoms with van der Waals surface area (Å²) >= 11 is 9.04. The molecule has 0 aliphatic carbocycles. The number of hydrogen-bond donors (Lipinski definition) is 0. The molecule has 0 aliphatic rings. The van der Waals surface area contributed by atoms with Crippen molar-refractivity contribution >= 4 is 43.2 Å². The van der Waals surface area contributed by atoms with Gasteiger partial charge >= 0.3 is 0 Å². The van der Waals surface area contributed by atoms with Gasteiger partial charge in [-0.1, -0.05) is 23.7 Å². The highest BCUT2D eigenvalue weighted by Crippen LogP contribution is 2.36. The van der Waals surface area contributed by atoms with E-state index in [1.165, 1.54) is 50.6 Å². The summed E-state index contributed by atoms with van der Waals surface area (Å²) in [4.78, 5) is -0.186. The number of para-hydroxylation sites is 1. The second kappa shape index (κ2) is 7.69. The van der Waals surface area contributed by atoms with E-state index in [0.29, 0.717) is 0 Å². The second-order valence-electron chi connectivity index (χ2n) is 4.62. The standard InChI is InChI=1S/C15H14BrClFNO4S/c1-22-9-19(12-7-3-5-10(16)14(12)18)24(20,21)13-8-4-6-11(17)15(13)23-2/h3-8H,9H2,1-2H3. The van der Waals surface area contributed by atoms with Crippen LogP contribution in [-0.4, -0.2) is 29.4 Å². The molecule has 0 saturated heterocycles. The molecule has 0 atom stereocenters. The minimum absolute atomic E-state index is 0.0179. The lowest BCUT2D eigenvalue weighted by molar-refractivity contribution is 0.209. The summed E-state index contributed by atoms with van der Waals surface area (Å²) in [5, 5.41) is 0.130. The van der Waals surface area contributed by atoms with E-state index in [9.17, 15) is 12.8 Å². The third-order valence-corrected chi connectivity index (χ3v) is 5.82. The average Bonchev–Trinajstić information content (AvgIpc) is 2.55. The summed E-state index contributed by atoms with van der Waals surface area (Å²) in [6.45, 7) is -0.384. The predicted molar refractivity (Wildman–Crippen MR) is 93.6 cm³/mol. The first kappa shape index (κ1) is 19.0. The maximum atomic E-state index is 14.4. The summed E-state index contributed by atoms with van der Waals surface area (Å²) in [5.74, 6) is -0.741. The van der Waals surface area contributed by atoms with E-state index >= 15 is 0 Å². The summed E-state index contributed by atoms with van der Waals surface area (Å²) in [5.41, 5.74) is -0.159. The molecule has 0 radical (unpaired) electrons. The first-order chi connectivity index (χ1) is 11.3. The van der Waals surface area contributed by atoms with Crippen molar-refractivity contribution in [3.05, 3.63) is 51.7 Å². The molecule has 0 unspecified atom stereocenters. The van der Waals surface area contributed by atoms with Crippen LogP contribution < -0.4 is 9.04 Å². The van der Waals surface area contributed by atoms with Crippen LogP contribution in [0.3, 0.4) is 0 Å². The van der Waals surface area contributed by atoms with Crippen LogP contribution in [0.1, 0.15) is 0 Å². The van der Waals surface area contributed by atoms with Crippen molar-refractivity contribution < 1.29 is 22.3 Å². The molecule has 0 bridgehead atoms. The molecule has 0 aromatic heterocycles. The van der Waals surface area contributed by atoms with Crippen LogP contribution in [0.15, 0.2) is 45.8 Å². The zero-order valence-corrected chi connectivity index (χ0v) is 16.0. The molecule has 0 amide bonds. The monoisotopic (exact) mass is 437 g/mol. The molecule has 0 saturated carbocycles. The number of rotatable bonds is 6. The minimum Gasteiger partial charge on any atom is -0.494 e. The van der Waals surface area contributed by atoms with Crippen molar-refractivity contribution in [2.45, 2.75) is 4.90 Å². The van der Waals surface area contributed by atoms with E-state index in [0.717, 1.165) is 4.31 Å². The van der Waals surface area contributed by atoms with Gasteiger partial charge in [0.2, 0.25) is 0 Å². The SMILES string of the molecule is COCN(c1cccc(Br)c1F)S(=O)(=O)c1cccc(Cl)c1OC. The Kier molecular flexibility index (Phi) is 6.08. The average molecular weight is 439 g/mol. The van der Waals surface area contributed by atoms with Crippen LogP contribution >= 0.6 is 27.5 Å². The van der Waals surface area contributed by atoms with Gasteiger partial charge in [-0.3, -0.25) is 0 Å². The molecule has 0 N–H and O–H groups in total. The van der Waals surface area contributed by atoms with Gasteiger partial charge in [-0.05, 0) is 40.2 Å². The summed E-state index contributed by atoms with van der Waals surface area (Å²) < 4.78 is 51.5. The van der Waals surface area contributed by atoms with Gasteiger partial charge in [0.15, 0.2) is 11.6 Å². The molecule has 0 aliphatic heterocycles. The number of anilines is 1. The summed E-state index contributed by atoms with van der Waals surface area (Å²) in [7, 11) is -1.56. The van der Waals surface area contributed by atoms with Crippen LogP contribution in [0, 0.1) is 5.82 Å². The molecule has 2 aromatic carbocycles. The van der Waals surface area contributed by atoms with Crippen molar-refractivity contribution in [1.29, 1.82) is 0 Å². The Bertz CT molecular complexity index is 847. The number of benzene rings is 2. The van der Waals surface area contributed by atoms with Crippen molar-refractivity contribution in [1.82, 2.24) is 0 Å². The highest BCUT2D eigenvalue weighted by Gasteiger charge is 2.31. The predicted octanol–water partition coefficient (Wildman–Crippen LogP) is 4.05. The van der Waals surface area contributed by atoms with Gasteiger partial charge in [-0.2, -0.15) is 0 Å². The molecular formula is C15H14BrClFNO4S. The van der Waals surface area contributed by atoms with E-state index in [-0.39, 0.29) is 32.6 Å². The molecule has 5 nitrogen and oxygen atoms in total. The normalized spacial score (nSPS) is 11.4. The summed E-state index contributed by atoms with van der Waals surface area (Å²) in [6.07, 6.45) is 0. The molecule has 130 valence electrons. The first-order valence-corrected chi connectivity index (χ1v) is 9.24. The Hall–Kier alpha value is -1.35. The molecule has 0 heterocycles. The topological polar surface area (TPSA) is 55.8 Å². The Morgan fingerprint density at radius 1 is 1.21 bits per heavy atom. The molecule has 2 aromatic rings. The first-order valence-electron chi connectivity index (χ1n) is 6.62. The quantitative estimate of drug-likeness (QED) is 0.639. The fourth-order valence-electron chi connectivity index (χ4n) is 2.08. The highest BCUT2D eigenvalue weighted by atomic mass is 79.9. The molecule has 24 heavy (non-hydrogen) atoms. The van der Waals surface area contributed by atoms with Crippen LogP contribution in [0.2, 0.25) is 5.02 Å². The number of nitrogens with zero attached hydrogens (tertiary/aromatic N) is 1. The lowest BCUT2D eigenvalue weighted by atomic mass is 10.3. The maximum absolute atomic E-state index is 14.4. The lowest BCUT2D eigenvalue weighted by Crippen LogP contribution is -2.34. The maximum Gasteiger partial charge on any atom is 0.270 e. The summed E-state index contributed by atoms with van der Waals surface area (Å²) in [6, 6.07) is 8.64. The molecule has 9 heteroatoms.